The third kappa shape index (κ3) is 7.18. The quantitative estimate of drug-likeness (QED) is 0.638. The third-order valence-electron chi connectivity index (χ3n) is 2.84. The lowest BCUT2D eigenvalue weighted by Crippen LogP contribution is -2.21. The molecule has 0 aliphatic heterocycles. The van der Waals surface area contributed by atoms with E-state index >= 15 is 0 Å². The van der Waals surface area contributed by atoms with Gasteiger partial charge < -0.3 is 9.47 Å². The van der Waals surface area contributed by atoms with Gasteiger partial charge in [0.1, 0.15) is 0 Å². The first kappa shape index (κ1) is 18.5. The van der Waals surface area contributed by atoms with Crippen molar-refractivity contribution in [1.29, 1.82) is 10.5 Å². The van der Waals surface area contributed by atoms with Crippen LogP contribution in [0.15, 0.2) is 10.2 Å². The van der Waals surface area contributed by atoms with E-state index in [0.29, 0.717) is 12.8 Å². The third-order valence-corrected chi connectivity index (χ3v) is 2.84. The van der Waals surface area contributed by atoms with Gasteiger partial charge in [0, 0.05) is 27.1 Å². The highest BCUT2D eigenvalue weighted by atomic mass is 16.5. The summed E-state index contributed by atoms with van der Waals surface area (Å²) in [4.78, 5) is 0. The highest BCUT2D eigenvalue weighted by molar-refractivity contribution is 4.94. The molecule has 0 aromatic rings. The van der Waals surface area contributed by atoms with Gasteiger partial charge in [-0.15, -0.1) is 0 Å². The summed E-state index contributed by atoms with van der Waals surface area (Å²) in [6, 6.07) is 4.40. The summed E-state index contributed by atoms with van der Waals surface area (Å²) >= 11 is 0. The molecule has 0 aromatic heterocycles. The highest BCUT2D eigenvalue weighted by Crippen LogP contribution is 2.25. The number of ether oxygens (including phenoxy) is 2. The number of methoxy groups -OCH3 is 2. The molecule has 0 saturated carbocycles. The maximum atomic E-state index is 9.01. The van der Waals surface area contributed by atoms with Crippen LogP contribution in [0.3, 0.4) is 0 Å². The summed E-state index contributed by atoms with van der Waals surface area (Å²) < 4.78 is 10.4. The zero-order chi connectivity index (χ0) is 15.8. The van der Waals surface area contributed by atoms with Gasteiger partial charge in [0.25, 0.3) is 0 Å². The lowest BCUT2D eigenvalue weighted by Gasteiger charge is -2.21. The van der Waals surface area contributed by atoms with Crippen molar-refractivity contribution >= 4 is 0 Å². The summed E-state index contributed by atoms with van der Waals surface area (Å²) in [5.41, 5.74) is -1.07. The van der Waals surface area contributed by atoms with E-state index in [9.17, 15) is 0 Å². The van der Waals surface area contributed by atoms with Gasteiger partial charge in [-0.05, 0) is 27.7 Å². The smallest absolute Gasteiger partial charge is 0.169 e. The van der Waals surface area contributed by atoms with Gasteiger partial charge in [0.05, 0.1) is 23.0 Å². The molecule has 0 aromatic carbocycles. The Kier molecular flexibility index (Phi) is 7.34. The van der Waals surface area contributed by atoms with Crippen LogP contribution in [0.2, 0.25) is 0 Å². The van der Waals surface area contributed by atoms with Gasteiger partial charge in [-0.2, -0.15) is 20.8 Å². The number of rotatable bonds is 8. The normalized spacial score (nSPS) is 15.6. The molecule has 0 aliphatic carbocycles. The van der Waals surface area contributed by atoms with Crippen LogP contribution in [-0.2, 0) is 9.47 Å². The van der Waals surface area contributed by atoms with Crippen molar-refractivity contribution in [3.05, 3.63) is 0 Å². The molecular weight excluding hydrogens is 256 g/mol. The molecule has 2 unspecified atom stereocenters. The van der Waals surface area contributed by atoms with E-state index in [0.717, 1.165) is 0 Å². The lowest BCUT2D eigenvalue weighted by atomic mass is 9.90. The largest absolute Gasteiger partial charge is 0.358 e. The van der Waals surface area contributed by atoms with Crippen molar-refractivity contribution in [2.45, 2.75) is 53.0 Å². The number of nitrogens with zero attached hydrogens (tertiary/aromatic N) is 4. The van der Waals surface area contributed by atoms with Gasteiger partial charge in [-0.1, -0.05) is 0 Å². The van der Waals surface area contributed by atoms with Gasteiger partial charge in [-0.25, -0.2) is 0 Å². The standard InChI is InChI=1S/C14H24N4O2/c1-13(2,9-15)7-11(19-5)17-18-12(20-6)8-14(3,4)10-16/h11-12H,7-8H2,1-6H3. The Bertz CT molecular complexity index is 366. The molecule has 0 radical (unpaired) electrons. The van der Waals surface area contributed by atoms with Gasteiger partial charge >= 0.3 is 0 Å². The van der Waals surface area contributed by atoms with Crippen LogP contribution in [0, 0.1) is 33.5 Å². The molecule has 112 valence electrons. The Morgan fingerprint density at radius 3 is 1.35 bits per heavy atom. The Labute approximate surface area is 121 Å². The van der Waals surface area contributed by atoms with Crippen LogP contribution in [0.25, 0.3) is 0 Å². The lowest BCUT2D eigenvalue weighted by molar-refractivity contribution is 0.0472. The predicted octanol–water partition coefficient (Wildman–Crippen LogP) is 3.26. The number of hydrogen-bond acceptors (Lipinski definition) is 6. The second kappa shape index (κ2) is 7.94. The molecule has 0 heterocycles. The van der Waals surface area contributed by atoms with Crippen molar-refractivity contribution in [2.24, 2.45) is 21.1 Å². The second-order valence-corrected chi connectivity index (χ2v) is 6.01. The van der Waals surface area contributed by atoms with Crippen molar-refractivity contribution in [3.8, 4) is 12.1 Å². The van der Waals surface area contributed by atoms with Crippen molar-refractivity contribution < 1.29 is 9.47 Å². The van der Waals surface area contributed by atoms with Crippen LogP contribution >= 0.6 is 0 Å². The molecule has 0 bridgehead atoms. The Hall–Kier alpha value is -1.50. The number of hydrogen-bond donors (Lipinski definition) is 0. The van der Waals surface area contributed by atoms with Crippen molar-refractivity contribution in [3.63, 3.8) is 0 Å². The predicted molar refractivity (Wildman–Crippen MR) is 74.5 cm³/mol. The molecule has 0 aliphatic rings. The van der Waals surface area contributed by atoms with Crippen molar-refractivity contribution in [2.75, 3.05) is 14.2 Å². The maximum absolute atomic E-state index is 9.01. The number of azo groups is 1. The monoisotopic (exact) mass is 280 g/mol. The molecule has 0 N–H and O–H groups in total. The fourth-order valence-corrected chi connectivity index (χ4v) is 1.46. The van der Waals surface area contributed by atoms with Gasteiger partial charge in [0.2, 0.25) is 0 Å². The molecule has 0 spiro atoms. The summed E-state index contributed by atoms with van der Waals surface area (Å²) in [6.45, 7) is 7.28. The van der Waals surface area contributed by atoms with Crippen LogP contribution in [0.1, 0.15) is 40.5 Å². The van der Waals surface area contributed by atoms with E-state index in [-0.39, 0.29) is 0 Å². The Balaban J connectivity index is 4.71. The van der Waals surface area contributed by atoms with Crippen LogP contribution in [0.4, 0.5) is 0 Å². The minimum Gasteiger partial charge on any atom is -0.358 e. The number of nitriles is 2. The maximum Gasteiger partial charge on any atom is 0.169 e. The first-order chi connectivity index (χ1) is 9.19. The molecule has 6 heteroatoms. The summed E-state index contributed by atoms with van der Waals surface area (Å²) in [5, 5.41) is 26.2. The molecule has 20 heavy (non-hydrogen) atoms. The molecule has 0 rings (SSSR count). The minimum atomic E-state index is -0.534. The average molecular weight is 280 g/mol. The molecule has 2 atom stereocenters. The van der Waals surface area contributed by atoms with E-state index in [4.69, 9.17) is 20.0 Å². The van der Waals surface area contributed by atoms with E-state index in [1.165, 1.54) is 14.2 Å². The topological polar surface area (TPSA) is 90.8 Å². The minimum absolute atomic E-state index is 0.446. The van der Waals surface area contributed by atoms with Crippen LogP contribution in [-0.4, -0.2) is 26.7 Å². The first-order valence-electron chi connectivity index (χ1n) is 6.48. The molecule has 6 nitrogen and oxygen atoms in total. The molecular formula is C14H24N4O2. The molecule has 0 amide bonds. The zero-order valence-corrected chi connectivity index (χ0v) is 13.2. The highest BCUT2D eigenvalue weighted by Gasteiger charge is 2.25. The average Bonchev–Trinajstić information content (AvgIpc) is 2.41. The molecule has 0 fully saturated rings. The summed E-state index contributed by atoms with van der Waals surface area (Å²) in [7, 11) is 3.05. The Morgan fingerprint density at radius 2 is 1.15 bits per heavy atom. The molecule has 0 saturated heterocycles. The zero-order valence-electron chi connectivity index (χ0n) is 13.2. The van der Waals surface area contributed by atoms with Gasteiger partial charge in [0.15, 0.2) is 12.5 Å². The van der Waals surface area contributed by atoms with Gasteiger partial charge in [-0.3, -0.25) is 0 Å². The van der Waals surface area contributed by atoms with Crippen LogP contribution < -0.4 is 0 Å². The fraction of sp³-hybridized carbons (Fsp3) is 0.857. The second-order valence-electron chi connectivity index (χ2n) is 6.01. The van der Waals surface area contributed by atoms with E-state index < -0.39 is 23.3 Å². The van der Waals surface area contributed by atoms with E-state index in [2.05, 4.69) is 22.4 Å². The van der Waals surface area contributed by atoms with Crippen LogP contribution in [0.5, 0.6) is 0 Å². The SMILES string of the molecule is COC(CC(C)(C)C#N)N=NC(CC(C)(C)C#N)OC. The fourth-order valence-electron chi connectivity index (χ4n) is 1.46. The van der Waals surface area contributed by atoms with E-state index in [1.54, 1.807) is 0 Å². The van der Waals surface area contributed by atoms with Crippen molar-refractivity contribution in [1.82, 2.24) is 0 Å². The summed E-state index contributed by atoms with van der Waals surface area (Å²) in [5.74, 6) is 0. The Morgan fingerprint density at radius 1 is 0.850 bits per heavy atom. The summed E-state index contributed by atoms with van der Waals surface area (Å²) in [6.07, 6.45) is -0.0941. The first-order valence-corrected chi connectivity index (χ1v) is 6.48. The van der Waals surface area contributed by atoms with E-state index in [1.807, 2.05) is 27.7 Å².